The van der Waals surface area contributed by atoms with Crippen molar-refractivity contribution in [3.63, 3.8) is 0 Å². The number of fused-ring (bicyclic) bond motifs is 2. The van der Waals surface area contributed by atoms with Crippen LogP contribution in [0.1, 0.15) is 53.9 Å². The quantitative estimate of drug-likeness (QED) is 0.713. The molecular weight excluding hydrogens is 170 g/mol. The van der Waals surface area contributed by atoms with Gasteiger partial charge in [0, 0.05) is 12.1 Å². The van der Waals surface area contributed by atoms with Gasteiger partial charge in [-0.1, -0.05) is 34.6 Å². The fourth-order valence-corrected chi connectivity index (χ4v) is 3.86. The zero-order valence-corrected chi connectivity index (χ0v) is 10.4. The Labute approximate surface area is 88.7 Å². The van der Waals surface area contributed by atoms with E-state index >= 15 is 0 Å². The Kier molecular flexibility index (Phi) is 2.23. The molecule has 2 aliphatic rings. The molecule has 82 valence electrons. The maximum Gasteiger partial charge on any atom is 0.0131 e. The van der Waals surface area contributed by atoms with Crippen molar-refractivity contribution in [2.24, 2.45) is 16.7 Å². The van der Waals surface area contributed by atoms with Crippen molar-refractivity contribution >= 4 is 0 Å². The second-order valence-electron chi connectivity index (χ2n) is 6.48. The molecule has 0 aromatic rings. The Bertz CT molecular complexity index is 231. The predicted molar refractivity (Wildman–Crippen MR) is 61.3 cm³/mol. The predicted octanol–water partition coefficient (Wildman–Crippen LogP) is 3.20. The van der Waals surface area contributed by atoms with E-state index in [4.69, 9.17) is 0 Å². The monoisotopic (exact) mass is 195 g/mol. The molecule has 1 N–H and O–H groups in total. The van der Waals surface area contributed by atoms with Crippen LogP contribution in [0.5, 0.6) is 0 Å². The van der Waals surface area contributed by atoms with E-state index in [1.807, 2.05) is 0 Å². The maximum atomic E-state index is 3.77. The molecule has 14 heavy (non-hydrogen) atoms. The summed E-state index contributed by atoms with van der Waals surface area (Å²) in [5.74, 6) is 0.962. The minimum Gasteiger partial charge on any atom is -0.311 e. The van der Waals surface area contributed by atoms with E-state index in [0.29, 0.717) is 16.9 Å². The lowest BCUT2D eigenvalue weighted by Gasteiger charge is -2.40. The Morgan fingerprint density at radius 1 is 1.21 bits per heavy atom. The standard InChI is InChI=1S/C13H25N/c1-9(2)14-11-8-10-6-7-13(11,5)12(10,3)4/h9-11,14H,6-8H2,1-5H3/t10?,11-,13?/m1/s1. The van der Waals surface area contributed by atoms with Crippen LogP contribution >= 0.6 is 0 Å². The molecule has 2 aliphatic carbocycles. The molecule has 0 radical (unpaired) electrons. The van der Waals surface area contributed by atoms with Gasteiger partial charge in [0.05, 0.1) is 0 Å². The summed E-state index contributed by atoms with van der Waals surface area (Å²) in [5, 5.41) is 3.77. The van der Waals surface area contributed by atoms with Gasteiger partial charge in [-0.15, -0.1) is 0 Å². The summed E-state index contributed by atoms with van der Waals surface area (Å²) in [6, 6.07) is 1.39. The van der Waals surface area contributed by atoms with Gasteiger partial charge in [-0.2, -0.15) is 0 Å². The third-order valence-corrected chi connectivity index (χ3v) is 5.33. The topological polar surface area (TPSA) is 12.0 Å². The first-order valence-electron chi connectivity index (χ1n) is 6.14. The van der Waals surface area contributed by atoms with Crippen LogP contribution in [0.25, 0.3) is 0 Å². The van der Waals surface area contributed by atoms with E-state index in [-0.39, 0.29) is 0 Å². The van der Waals surface area contributed by atoms with Crippen molar-refractivity contribution in [2.45, 2.75) is 66.0 Å². The van der Waals surface area contributed by atoms with E-state index in [1.165, 1.54) is 19.3 Å². The molecule has 0 heterocycles. The molecule has 1 nitrogen and oxygen atoms in total. The Balaban J connectivity index is 2.19. The van der Waals surface area contributed by atoms with Crippen LogP contribution in [-0.2, 0) is 0 Å². The summed E-state index contributed by atoms with van der Waals surface area (Å²) in [7, 11) is 0. The minimum absolute atomic E-state index is 0.544. The fraction of sp³-hybridized carbons (Fsp3) is 1.00. The Morgan fingerprint density at radius 3 is 2.21 bits per heavy atom. The van der Waals surface area contributed by atoms with Gasteiger partial charge in [0.1, 0.15) is 0 Å². The minimum atomic E-state index is 0.544. The molecule has 2 saturated carbocycles. The first-order chi connectivity index (χ1) is 6.38. The summed E-state index contributed by atoms with van der Waals surface area (Å²) < 4.78 is 0. The molecule has 3 atom stereocenters. The second-order valence-corrected chi connectivity index (χ2v) is 6.48. The first-order valence-corrected chi connectivity index (χ1v) is 6.14. The Morgan fingerprint density at radius 2 is 1.86 bits per heavy atom. The van der Waals surface area contributed by atoms with E-state index in [2.05, 4.69) is 39.9 Å². The summed E-state index contributed by atoms with van der Waals surface area (Å²) in [6.07, 6.45) is 4.29. The molecule has 2 fully saturated rings. The highest BCUT2D eigenvalue weighted by molar-refractivity contribution is 5.13. The first kappa shape index (κ1) is 10.5. The molecule has 2 unspecified atom stereocenters. The van der Waals surface area contributed by atoms with Crippen LogP contribution < -0.4 is 5.32 Å². The lowest BCUT2D eigenvalue weighted by Crippen LogP contribution is -2.46. The number of nitrogens with one attached hydrogen (secondary N) is 1. The molecule has 0 aliphatic heterocycles. The van der Waals surface area contributed by atoms with Crippen LogP contribution in [-0.4, -0.2) is 12.1 Å². The molecule has 2 bridgehead atoms. The van der Waals surface area contributed by atoms with Crippen LogP contribution in [0.2, 0.25) is 0 Å². The van der Waals surface area contributed by atoms with Crippen molar-refractivity contribution in [1.82, 2.24) is 5.32 Å². The lowest BCUT2D eigenvalue weighted by molar-refractivity contribution is 0.117. The van der Waals surface area contributed by atoms with Crippen LogP contribution in [0.15, 0.2) is 0 Å². The van der Waals surface area contributed by atoms with Crippen molar-refractivity contribution in [1.29, 1.82) is 0 Å². The summed E-state index contributed by atoms with van der Waals surface area (Å²) in [6.45, 7) is 12.0. The second kappa shape index (κ2) is 2.98. The van der Waals surface area contributed by atoms with Gasteiger partial charge >= 0.3 is 0 Å². The molecule has 0 amide bonds. The summed E-state index contributed by atoms with van der Waals surface area (Å²) in [5.41, 5.74) is 1.10. The smallest absolute Gasteiger partial charge is 0.0131 e. The molecule has 2 rings (SSSR count). The van der Waals surface area contributed by atoms with Crippen molar-refractivity contribution < 1.29 is 0 Å². The van der Waals surface area contributed by atoms with E-state index in [9.17, 15) is 0 Å². The van der Waals surface area contributed by atoms with Crippen molar-refractivity contribution in [3.8, 4) is 0 Å². The van der Waals surface area contributed by atoms with Crippen LogP contribution in [0, 0.1) is 16.7 Å². The molecule has 0 spiro atoms. The maximum absolute atomic E-state index is 3.77. The molecular formula is C13H25N. The van der Waals surface area contributed by atoms with Crippen molar-refractivity contribution in [3.05, 3.63) is 0 Å². The highest BCUT2D eigenvalue weighted by Gasteiger charge is 2.61. The molecule has 0 saturated heterocycles. The zero-order valence-electron chi connectivity index (χ0n) is 10.4. The number of hydrogen-bond donors (Lipinski definition) is 1. The van der Waals surface area contributed by atoms with E-state index in [0.717, 1.165) is 12.0 Å². The summed E-state index contributed by atoms with van der Waals surface area (Å²) in [4.78, 5) is 0. The highest BCUT2D eigenvalue weighted by atomic mass is 15.0. The normalized spacial score (nSPS) is 45.0. The molecule has 0 aromatic heterocycles. The van der Waals surface area contributed by atoms with E-state index < -0.39 is 0 Å². The van der Waals surface area contributed by atoms with Gasteiger partial charge in [-0.3, -0.25) is 0 Å². The third kappa shape index (κ3) is 1.18. The molecule has 0 aromatic carbocycles. The largest absolute Gasteiger partial charge is 0.311 e. The number of rotatable bonds is 2. The highest BCUT2D eigenvalue weighted by Crippen LogP contribution is 2.65. The van der Waals surface area contributed by atoms with Crippen molar-refractivity contribution in [2.75, 3.05) is 0 Å². The molecule has 1 heteroatoms. The average molecular weight is 195 g/mol. The van der Waals surface area contributed by atoms with Gasteiger partial charge in [0.15, 0.2) is 0 Å². The van der Waals surface area contributed by atoms with Gasteiger partial charge < -0.3 is 5.32 Å². The van der Waals surface area contributed by atoms with E-state index in [1.54, 1.807) is 0 Å². The third-order valence-electron chi connectivity index (χ3n) is 5.33. The van der Waals surface area contributed by atoms with Gasteiger partial charge in [-0.05, 0) is 36.0 Å². The lowest BCUT2D eigenvalue weighted by atomic mass is 9.69. The van der Waals surface area contributed by atoms with Crippen LogP contribution in [0.3, 0.4) is 0 Å². The SMILES string of the molecule is CC(C)N[C@@H]1CC2CCC1(C)C2(C)C. The Hall–Kier alpha value is -0.0400. The van der Waals surface area contributed by atoms with Gasteiger partial charge in [-0.25, -0.2) is 0 Å². The van der Waals surface area contributed by atoms with Gasteiger partial charge in [0.2, 0.25) is 0 Å². The fourth-order valence-electron chi connectivity index (χ4n) is 3.86. The zero-order chi connectivity index (χ0) is 10.6. The number of hydrogen-bond acceptors (Lipinski definition) is 1. The summed E-state index contributed by atoms with van der Waals surface area (Å²) >= 11 is 0. The average Bonchev–Trinajstić information content (AvgIpc) is 2.35. The van der Waals surface area contributed by atoms with Gasteiger partial charge in [0.25, 0.3) is 0 Å². The van der Waals surface area contributed by atoms with Crippen LogP contribution in [0.4, 0.5) is 0 Å².